The molecule has 0 radical (unpaired) electrons. The highest BCUT2D eigenvalue weighted by atomic mass is 16.5. The van der Waals surface area contributed by atoms with Crippen LogP contribution in [0.5, 0.6) is 0 Å². The van der Waals surface area contributed by atoms with Gasteiger partial charge in [0.25, 0.3) is 0 Å². The highest BCUT2D eigenvalue weighted by Gasteiger charge is 2.32. The van der Waals surface area contributed by atoms with Gasteiger partial charge in [0.15, 0.2) is 5.96 Å². The van der Waals surface area contributed by atoms with E-state index in [9.17, 15) is 4.79 Å². The number of rotatable bonds is 4. The topological polar surface area (TPSA) is 66.4 Å². The molecule has 3 saturated heterocycles. The molecule has 0 aromatic carbocycles. The fourth-order valence-electron chi connectivity index (χ4n) is 3.62. The van der Waals surface area contributed by atoms with Gasteiger partial charge in [0.05, 0.1) is 12.7 Å². The molecule has 0 aromatic heterocycles. The van der Waals surface area contributed by atoms with Crippen molar-refractivity contribution < 1.29 is 14.3 Å². The highest BCUT2D eigenvalue weighted by Crippen LogP contribution is 2.21. The van der Waals surface area contributed by atoms with Gasteiger partial charge in [-0.05, 0) is 32.6 Å². The molecular formula is C17H30N4O3. The van der Waals surface area contributed by atoms with Gasteiger partial charge >= 0.3 is 0 Å². The molecule has 0 spiro atoms. The second kappa shape index (κ2) is 8.67. The van der Waals surface area contributed by atoms with E-state index in [1.807, 2.05) is 4.90 Å². The van der Waals surface area contributed by atoms with Gasteiger partial charge in [-0.15, -0.1) is 0 Å². The second-order valence-electron chi connectivity index (χ2n) is 6.66. The Kier molecular flexibility index (Phi) is 6.31. The third-order valence-electron chi connectivity index (χ3n) is 4.93. The molecule has 0 aliphatic carbocycles. The third-order valence-corrected chi connectivity index (χ3v) is 4.93. The SMILES string of the molecule is CCNC(=NCC(=O)N1CCCC1)N1CCOC(C2CCCO2)C1. The number of nitrogens with one attached hydrogen (secondary N) is 1. The molecule has 3 rings (SSSR count). The van der Waals surface area contributed by atoms with Crippen molar-refractivity contribution in [3.05, 3.63) is 0 Å². The first-order valence-corrected chi connectivity index (χ1v) is 9.32. The van der Waals surface area contributed by atoms with Crippen LogP contribution in [-0.4, -0.2) is 86.4 Å². The van der Waals surface area contributed by atoms with E-state index in [1.165, 1.54) is 0 Å². The van der Waals surface area contributed by atoms with E-state index < -0.39 is 0 Å². The van der Waals surface area contributed by atoms with Crippen LogP contribution in [0.3, 0.4) is 0 Å². The predicted molar refractivity (Wildman–Crippen MR) is 92.1 cm³/mol. The van der Waals surface area contributed by atoms with Crippen LogP contribution in [0.4, 0.5) is 0 Å². The van der Waals surface area contributed by atoms with Crippen LogP contribution in [0.1, 0.15) is 32.6 Å². The van der Waals surface area contributed by atoms with Gasteiger partial charge in [-0.25, -0.2) is 4.99 Å². The lowest BCUT2D eigenvalue weighted by atomic mass is 10.1. The maximum Gasteiger partial charge on any atom is 0.244 e. The molecule has 3 aliphatic rings. The second-order valence-corrected chi connectivity index (χ2v) is 6.66. The molecule has 136 valence electrons. The molecule has 1 amide bonds. The molecule has 2 unspecified atom stereocenters. The molecule has 7 nitrogen and oxygen atoms in total. The summed E-state index contributed by atoms with van der Waals surface area (Å²) in [5, 5.41) is 3.32. The third kappa shape index (κ3) is 4.39. The van der Waals surface area contributed by atoms with Crippen molar-refractivity contribution in [1.29, 1.82) is 0 Å². The molecule has 3 aliphatic heterocycles. The fourth-order valence-corrected chi connectivity index (χ4v) is 3.62. The Morgan fingerprint density at radius 3 is 2.58 bits per heavy atom. The summed E-state index contributed by atoms with van der Waals surface area (Å²) in [7, 11) is 0. The minimum atomic E-state index is 0.0967. The van der Waals surface area contributed by atoms with Gasteiger partial charge in [-0.2, -0.15) is 0 Å². The number of carbonyl (C=O) groups is 1. The lowest BCUT2D eigenvalue weighted by molar-refractivity contribution is -0.128. The van der Waals surface area contributed by atoms with Crippen LogP contribution in [0, 0.1) is 0 Å². The normalized spacial score (nSPS) is 28.5. The van der Waals surface area contributed by atoms with Crippen molar-refractivity contribution in [3.8, 4) is 0 Å². The maximum atomic E-state index is 12.2. The van der Waals surface area contributed by atoms with Crippen molar-refractivity contribution in [2.75, 3.05) is 52.5 Å². The van der Waals surface area contributed by atoms with Crippen molar-refractivity contribution in [1.82, 2.24) is 15.1 Å². The van der Waals surface area contributed by atoms with E-state index in [4.69, 9.17) is 9.47 Å². The number of ether oxygens (including phenoxy) is 2. The molecule has 1 N–H and O–H groups in total. The van der Waals surface area contributed by atoms with E-state index in [2.05, 4.69) is 22.1 Å². The number of carbonyl (C=O) groups excluding carboxylic acids is 1. The highest BCUT2D eigenvalue weighted by molar-refractivity contribution is 5.85. The number of likely N-dealkylation sites (tertiary alicyclic amines) is 1. The van der Waals surface area contributed by atoms with Gasteiger partial charge in [0, 0.05) is 39.3 Å². The lowest BCUT2D eigenvalue weighted by Crippen LogP contribution is -2.53. The first kappa shape index (κ1) is 17.5. The molecule has 3 fully saturated rings. The number of aliphatic imine (C=N–C) groups is 1. The Balaban J connectivity index is 1.58. The average Bonchev–Trinajstić information content (AvgIpc) is 3.32. The minimum Gasteiger partial charge on any atom is -0.375 e. The average molecular weight is 338 g/mol. The molecule has 24 heavy (non-hydrogen) atoms. The van der Waals surface area contributed by atoms with Gasteiger partial charge in [0.1, 0.15) is 12.6 Å². The fraction of sp³-hybridized carbons (Fsp3) is 0.882. The van der Waals surface area contributed by atoms with E-state index in [-0.39, 0.29) is 24.7 Å². The monoisotopic (exact) mass is 338 g/mol. The number of amides is 1. The Morgan fingerprint density at radius 1 is 1.08 bits per heavy atom. The number of nitrogens with zero attached hydrogens (tertiary/aromatic N) is 3. The molecule has 7 heteroatoms. The maximum absolute atomic E-state index is 12.2. The molecule has 3 heterocycles. The molecule has 0 bridgehead atoms. The summed E-state index contributed by atoms with van der Waals surface area (Å²) in [5.41, 5.74) is 0. The van der Waals surface area contributed by atoms with Crippen molar-refractivity contribution in [3.63, 3.8) is 0 Å². The summed E-state index contributed by atoms with van der Waals surface area (Å²) in [6.07, 6.45) is 4.70. The zero-order valence-electron chi connectivity index (χ0n) is 14.7. The number of hydrogen-bond acceptors (Lipinski definition) is 4. The van der Waals surface area contributed by atoms with E-state index in [0.29, 0.717) is 6.61 Å². The standard InChI is InChI=1S/C17H30N4O3/c1-2-18-17(19-12-16(22)20-7-3-4-8-20)21-9-11-24-15(13-21)14-6-5-10-23-14/h14-15H,2-13H2,1H3,(H,18,19). The quantitative estimate of drug-likeness (QED) is 0.596. The zero-order valence-corrected chi connectivity index (χ0v) is 14.7. The van der Waals surface area contributed by atoms with Crippen LogP contribution >= 0.6 is 0 Å². The molecular weight excluding hydrogens is 308 g/mol. The summed E-state index contributed by atoms with van der Waals surface area (Å²) < 4.78 is 11.7. The van der Waals surface area contributed by atoms with Gasteiger partial charge in [0.2, 0.25) is 5.91 Å². The van der Waals surface area contributed by atoms with Crippen molar-refractivity contribution in [2.24, 2.45) is 4.99 Å². The summed E-state index contributed by atoms with van der Waals surface area (Å²) >= 11 is 0. The number of hydrogen-bond donors (Lipinski definition) is 1. The Labute approximate surface area is 144 Å². The van der Waals surface area contributed by atoms with E-state index >= 15 is 0 Å². The predicted octanol–water partition coefficient (Wildman–Crippen LogP) is 0.454. The summed E-state index contributed by atoms with van der Waals surface area (Å²) in [5.74, 6) is 0.947. The van der Waals surface area contributed by atoms with Crippen molar-refractivity contribution >= 4 is 11.9 Å². The summed E-state index contributed by atoms with van der Waals surface area (Å²) in [6, 6.07) is 0. The first-order valence-electron chi connectivity index (χ1n) is 9.32. The van der Waals surface area contributed by atoms with Crippen LogP contribution in [-0.2, 0) is 14.3 Å². The molecule has 0 aromatic rings. The lowest BCUT2D eigenvalue weighted by Gasteiger charge is -2.37. The van der Waals surface area contributed by atoms with Crippen LogP contribution in [0.2, 0.25) is 0 Å². The van der Waals surface area contributed by atoms with Crippen LogP contribution in [0.15, 0.2) is 4.99 Å². The van der Waals surface area contributed by atoms with Gasteiger partial charge in [-0.1, -0.05) is 0 Å². The molecule has 0 saturated carbocycles. The zero-order chi connectivity index (χ0) is 16.8. The van der Waals surface area contributed by atoms with Crippen molar-refractivity contribution in [2.45, 2.75) is 44.8 Å². The number of guanidine groups is 1. The Bertz CT molecular complexity index is 445. The number of morpholine rings is 1. The largest absolute Gasteiger partial charge is 0.375 e. The summed E-state index contributed by atoms with van der Waals surface area (Å²) in [4.78, 5) is 20.9. The van der Waals surface area contributed by atoms with Crippen LogP contribution in [0.25, 0.3) is 0 Å². The minimum absolute atomic E-state index is 0.0967. The van der Waals surface area contributed by atoms with Gasteiger partial charge in [-0.3, -0.25) is 4.79 Å². The summed E-state index contributed by atoms with van der Waals surface area (Å²) in [6.45, 7) is 7.91. The van der Waals surface area contributed by atoms with E-state index in [1.54, 1.807) is 0 Å². The molecule has 2 atom stereocenters. The smallest absolute Gasteiger partial charge is 0.244 e. The Morgan fingerprint density at radius 2 is 1.88 bits per heavy atom. The Hall–Kier alpha value is -1.34. The first-order chi connectivity index (χ1) is 11.8. The van der Waals surface area contributed by atoms with E-state index in [0.717, 1.165) is 71.0 Å². The van der Waals surface area contributed by atoms with Crippen LogP contribution < -0.4 is 5.32 Å². The van der Waals surface area contributed by atoms with Gasteiger partial charge < -0.3 is 24.6 Å².